The molecule has 1 aromatic carbocycles. The third-order valence-corrected chi connectivity index (χ3v) is 2.79. The van der Waals surface area contributed by atoms with E-state index >= 15 is 0 Å². The van der Waals surface area contributed by atoms with Crippen LogP contribution in [0.1, 0.15) is 11.6 Å². The standard InChI is InChI=1S/C12H19ClN2O/c1-14-11(8-15(2)3)9-5-6-10(13)12(7-9)16-4/h5-7,11,14H,8H2,1-4H3. The van der Waals surface area contributed by atoms with Crippen molar-refractivity contribution in [2.24, 2.45) is 0 Å². The van der Waals surface area contributed by atoms with Crippen LogP contribution in [0.4, 0.5) is 0 Å². The van der Waals surface area contributed by atoms with Crippen LogP contribution in [-0.2, 0) is 0 Å². The highest BCUT2D eigenvalue weighted by Gasteiger charge is 2.12. The molecular weight excluding hydrogens is 224 g/mol. The van der Waals surface area contributed by atoms with E-state index in [-0.39, 0.29) is 6.04 Å². The van der Waals surface area contributed by atoms with Gasteiger partial charge in [-0.05, 0) is 38.8 Å². The van der Waals surface area contributed by atoms with E-state index in [1.807, 2.05) is 25.2 Å². The molecule has 4 heteroatoms. The lowest BCUT2D eigenvalue weighted by Crippen LogP contribution is -2.28. The molecule has 0 saturated carbocycles. The molecule has 0 aliphatic rings. The van der Waals surface area contributed by atoms with Crippen LogP contribution in [0.25, 0.3) is 0 Å². The minimum atomic E-state index is 0.279. The molecule has 1 unspecified atom stereocenters. The van der Waals surface area contributed by atoms with Gasteiger partial charge >= 0.3 is 0 Å². The number of nitrogens with zero attached hydrogens (tertiary/aromatic N) is 1. The summed E-state index contributed by atoms with van der Waals surface area (Å²) in [6.07, 6.45) is 0. The molecule has 0 amide bonds. The van der Waals surface area contributed by atoms with Gasteiger partial charge in [-0.25, -0.2) is 0 Å². The van der Waals surface area contributed by atoms with E-state index in [0.717, 1.165) is 12.3 Å². The predicted molar refractivity (Wildman–Crippen MR) is 68.4 cm³/mol. The topological polar surface area (TPSA) is 24.5 Å². The van der Waals surface area contributed by atoms with Crippen LogP contribution in [0.2, 0.25) is 5.02 Å². The third-order valence-electron chi connectivity index (χ3n) is 2.47. The molecular formula is C12H19ClN2O. The van der Waals surface area contributed by atoms with Crippen molar-refractivity contribution in [2.75, 3.05) is 34.8 Å². The Morgan fingerprint density at radius 2 is 2.12 bits per heavy atom. The molecule has 0 fully saturated rings. The van der Waals surface area contributed by atoms with Crippen molar-refractivity contribution in [2.45, 2.75) is 6.04 Å². The van der Waals surface area contributed by atoms with E-state index in [1.54, 1.807) is 7.11 Å². The molecule has 16 heavy (non-hydrogen) atoms. The summed E-state index contributed by atoms with van der Waals surface area (Å²) in [4.78, 5) is 2.14. The lowest BCUT2D eigenvalue weighted by molar-refractivity contribution is 0.351. The van der Waals surface area contributed by atoms with Crippen molar-refractivity contribution in [3.8, 4) is 5.75 Å². The second kappa shape index (κ2) is 6.09. The maximum absolute atomic E-state index is 5.99. The zero-order valence-electron chi connectivity index (χ0n) is 10.2. The summed E-state index contributed by atoms with van der Waals surface area (Å²) in [7, 11) is 7.69. The summed E-state index contributed by atoms with van der Waals surface area (Å²) in [5.41, 5.74) is 1.18. The van der Waals surface area contributed by atoms with Gasteiger partial charge in [0.25, 0.3) is 0 Å². The second-order valence-electron chi connectivity index (χ2n) is 4.00. The highest BCUT2D eigenvalue weighted by atomic mass is 35.5. The maximum Gasteiger partial charge on any atom is 0.137 e. The normalized spacial score (nSPS) is 12.9. The van der Waals surface area contributed by atoms with Gasteiger partial charge in [-0.2, -0.15) is 0 Å². The summed E-state index contributed by atoms with van der Waals surface area (Å²) in [6.45, 7) is 0.932. The van der Waals surface area contributed by atoms with E-state index < -0.39 is 0 Å². The van der Waals surface area contributed by atoms with Gasteiger partial charge in [-0.1, -0.05) is 17.7 Å². The molecule has 1 atom stereocenters. The average molecular weight is 243 g/mol. The second-order valence-corrected chi connectivity index (χ2v) is 4.40. The summed E-state index contributed by atoms with van der Waals surface area (Å²) in [5, 5.41) is 3.92. The molecule has 0 aromatic heterocycles. The number of ether oxygens (including phenoxy) is 1. The van der Waals surface area contributed by atoms with Crippen molar-refractivity contribution in [1.29, 1.82) is 0 Å². The molecule has 0 heterocycles. The smallest absolute Gasteiger partial charge is 0.137 e. The van der Waals surface area contributed by atoms with Crippen LogP contribution in [0.15, 0.2) is 18.2 Å². The number of benzene rings is 1. The lowest BCUT2D eigenvalue weighted by Gasteiger charge is -2.21. The van der Waals surface area contributed by atoms with E-state index in [1.165, 1.54) is 5.56 Å². The molecule has 0 radical (unpaired) electrons. The van der Waals surface area contributed by atoms with Crippen molar-refractivity contribution in [3.05, 3.63) is 28.8 Å². The number of likely N-dealkylation sites (N-methyl/N-ethyl adjacent to an activating group) is 2. The molecule has 1 aromatic rings. The fourth-order valence-electron chi connectivity index (χ4n) is 1.62. The molecule has 3 nitrogen and oxygen atoms in total. The van der Waals surface area contributed by atoms with Crippen LogP contribution in [0, 0.1) is 0 Å². The van der Waals surface area contributed by atoms with Gasteiger partial charge in [0, 0.05) is 12.6 Å². The van der Waals surface area contributed by atoms with Gasteiger partial charge in [0.2, 0.25) is 0 Å². The van der Waals surface area contributed by atoms with Gasteiger partial charge in [0.1, 0.15) is 5.75 Å². The van der Waals surface area contributed by atoms with Gasteiger partial charge in [-0.3, -0.25) is 0 Å². The molecule has 0 aliphatic heterocycles. The Morgan fingerprint density at radius 1 is 1.44 bits per heavy atom. The van der Waals surface area contributed by atoms with Gasteiger partial charge in [0.05, 0.1) is 12.1 Å². The van der Waals surface area contributed by atoms with Crippen LogP contribution >= 0.6 is 11.6 Å². The fraction of sp³-hybridized carbons (Fsp3) is 0.500. The van der Waals surface area contributed by atoms with Gasteiger partial charge < -0.3 is 15.0 Å². The van der Waals surface area contributed by atoms with Crippen molar-refractivity contribution in [3.63, 3.8) is 0 Å². The number of hydrogen-bond donors (Lipinski definition) is 1. The summed E-state index contributed by atoms with van der Waals surface area (Å²) >= 11 is 5.99. The van der Waals surface area contributed by atoms with Gasteiger partial charge in [0.15, 0.2) is 0 Å². The molecule has 0 saturated heterocycles. The first-order valence-corrected chi connectivity index (χ1v) is 5.61. The fourth-order valence-corrected chi connectivity index (χ4v) is 1.82. The Hall–Kier alpha value is -0.770. The summed E-state index contributed by atoms with van der Waals surface area (Å²) in [6, 6.07) is 6.15. The highest BCUT2D eigenvalue weighted by Crippen LogP contribution is 2.27. The van der Waals surface area contributed by atoms with E-state index in [0.29, 0.717) is 5.02 Å². The Kier molecular flexibility index (Phi) is 5.06. The molecule has 0 aliphatic carbocycles. The Morgan fingerprint density at radius 3 is 2.62 bits per heavy atom. The Bertz CT molecular complexity index is 342. The molecule has 1 rings (SSSR count). The zero-order valence-corrected chi connectivity index (χ0v) is 11.0. The van der Waals surface area contributed by atoms with E-state index in [4.69, 9.17) is 16.3 Å². The van der Waals surface area contributed by atoms with Crippen molar-refractivity contribution < 1.29 is 4.74 Å². The first-order valence-electron chi connectivity index (χ1n) is 5.24. The summed E-state index contributed by atoms with van der Waals surface area (Å²) in [5.74, 6) is 0.721. The van der Waals surface area contributed by atoms with E-state index in [2.05, 4.69) is 24.3 Å². The Labute approximate surface area is 102 Å². The number of hydrogen-bond acceptors (Lipinski definition) is 3. The van der Waals surface area contributed by atoms with Crippen molar-refractivity contribution in [1.82, 2.24) is 10.2 Å². The third kappa shape index (κ3) is 3.37. The van der Waals surface area contributed by atoms with Crippen LogP contribution in [-0.4, -0.2) is 39.7 Å². The van der Waals surface area contributed by atoms with Crippen LogP contribution < -0.4 is 10.1 Å². The zero-order chi connectivity index (χ0) is 12.1. The first kappa shape index (κ1) is 13.3. The average Bonchev–Trinajstić information content (AvgIpc) is 2.26. The summed E-state index contributed by atoms with van der Waals surface area (Å²) < 4.78 is 5.21. The van der Waals surface area contributed by atoms with Gasteiger partial charge in [-0.15, -0.1) is 0 Å². The number of halogens is 1. The first-order chi connectivity index (χ1) is 7.58. The minimum Gasteiger partial charge on any atom is -0.495 e. The predicted octanol–water partition coefficient (Wildman–Crippen LogP) is 2.17. The quantitative estimate of drug-likeness (QED) is 0.857. The maximum atomic E-state index is 5.99. The minimum absolute atomic E-state index is 0.279. The SMILES string of the molecule is CNC(CN(C)C)c1ccc(Cl)c(OC)c1. The van der Waals surface area contributed by atoms with Crippen LogP contribution in [0.3, 0.4) is 0 Å². The number of nitrogens with one attached hydrogen (secondary N) is 1. The molecule has 90 valence electrons. The monoisotopic (exact) mass is 242 g/mol. The molecule has 0 spiro atoms. The Balaban J connectivity index is 2.92. The van der Waals surface area contributed by atoms with E-state index in [9.17, 15) is 0 Å². The van der Waals surface area contributed by atoms with Crippen molar-refractivity contribution >= 4 is 11.6 Å². The highest BCUT2D eigenvalue weighted by molar-refractivity contribution is 6.32. The number of methoxy groups -OCH3 is 1. The molecule has 1 N–H and O–H groups in total. The van der Waals surface area contributed by atoms with Crippen LogP contribution in [0.5, 0.6) is 5.75 Å². The number of rotatable bonds is 5. The molecule has 0 bridgehead atoms. The largest absolute Gasteiger partial charge is 0.495 e. The lowest BCUT2D eigenvalue weighted by atomic mass is 10.1.